The number of ether oxygens (including phenoxy) is 1. The van der Waals surface area contributed by atoms with E-state index >= 15 is 0 Å². The summed E-state index contributed by atoms with van der Waals surface area (Å²) < 4.78 is 8.06. The lowest BCUT2D eigenvalue weighted by Gasteiger charge is -2.12. The summed E-state index contributed by atoms with van der Waals surface area (Å²) in [6.07, 6.45) is 2.62. The molecule has 33 heavy (non-hydrogen) atoms. The summed E-state index contributed by atoms with van der Waals surface area (Å²) in [4.78, 5) is 12.0. The second-order valence-electron chi connectivity index (χ2n) is 8.00. The third-order valence-corrected chi connectivity index (χ3v) is 5.77. The van der Waals surface area contributed by atoms with Crippen LogP contribution < -0.4 is 4.74 Å². The van der Waals surface area contributed by atoms with Crippen LogP contribution >= 0.6 is 0 Å². The normalized spacial score (nSPS) is 10.9. The molecule has 5 rings (SSSR count). The Morgan fingerprint density at radius 2 is 1.52 bits per heavy atom. The standard InChI is InChI=1S/C29H23NO3/c31-29(32)27-19-25(33-24-11-5-2-6-12-24)15-14-23(27)18-22-10-7-13-28-26(22)16-17-30(28)20-21-8-3-1-4-9-21/h1-17,19H,18,20H2,(H,31,32). The number of carbonyl (C=O) groups is 1. The molecular weight excluding hydrogens is 410 g/mol. The highest BCUT2D eigenvalue weighted by Crippen LogP contribution is 2.28. The van der Waals surface area contributed by atoms with E-state index in [1.165, 1.54) is 5.56 Å². The van der Waals surface area contributed by atoms with Gasteiger partial charge >= 0.3 is 5.97 Å². The lowest BCUT2D eigenvalue weighted by molar-refractivity contribution is 0.0695. The molecule has 0 aliphatic rings. The van der Waals surface area contributed by atoms with Gasteiger partial charge in [0.2, 0.25) is 0 Å². The molecule has 0 unspecified atom stereocenters. The molecule has 0 saturated heterocycles. The minimum atomic E-state index is -0.961. The summed E-state index contributed by atoms with van der Waals surface area (Å²) in [5.41, 5.74) is 4.48. The SMILES string of the molecule is O=C(O)c1cc(Oc2ccccc2)ccc1Cc1cccc2c1ccn2Cc1ccccc1. The van der Waals surface area contributed by atoms with Gasteiger partial charge in [0.1, 0.15) is 11.5 Å². The zero-order valence-electron chi connectivity index (χ0n) is 18.0. The Labute approximate surface area is 192 Å². The zero-order valence-corrected chi connectivity index (χ0v) is 18.0. The highest BCUT2D eigenvalue weighted by molar-refractivity contribution is 5.91. The lowest BCUT2D eigenvalue weighted by Crippen LogP contribution is -2.04. The lowest BCUT2D eigenvalue weighted by atomic mass is 9.97. The molecule has 0 spiro atoms. The number of fused-ring (bicyclic) bond motifs is 1. The monoisotopic (exact) mass is 433 g/mol. The van der Waals surface area contributed by atoms with E-state index in [9.17, 15) is 9.90 Å². The van der Waals surface area contributed by atoms with Crippen LogP contribution in [0.1, 0.15) is 27.0 Å². The second kappa shape index (κ2) is 9.05. The van der Waals surface area contributed by atoms with Crippen molar-refractivity contribution in [2.75, 3.05) is 0 Å². The van der Waals surface area contributed by atoms with E-state index in [0.29, 0.717) is 17.9 Å². The van der Waals surface area contributed by atoms with E-state index in [4.69, 9.17) is 4.74 Å². The quantitative estimate of drug-likeness (QED) is 0.308. The number of aromatic nitrogens is 1. The minimum absolute atomic E-state index is 0.254. The van der Waals surface area contributed by atoms with Crippen LogP contribution in [0.5, 0.6) is 11.5 Å². The Kier molecular flexibility index (Phi) is 5.64. The summed E-state index contributed by atoms with van der Waals surface area (Å²) in [5, 5.41) is 11.0. The molecule has 162 valence electrons. The number of carboxylic acid groups (broad SMARTS) is 1. The third kappa shape index (κ3) is 4.51. The van der Waals surface area contributed by atoms with Crippen molar-refractivity contribution in [2.45, 2.75) is 13.0 Å². The molecular formula is C29H23NO3. The first kappa shape index (κ1) is 20.6. The molecule has 0 fully saturated rings. The van der Waals surface area contributed by atoms with Crippen LogP contribution in [-0.4, -0.2) is 15.6 Å². The Bertz CT molecular complexity index is 1410. The van der Waals surface area contributed by atoms with Crippen LogP contribution in [-0.2, 0) is 13.0 Å². The van der Waals surface area contributed by atoms with Gasteiger partial charge in [-0.25, -0.2) is 4.79 Å². The fraction of sp³-hybridized carbons (Fsp3) is 0.0690. The van der Waals surface area contributed by atoms with Gasteiger partial charge in [-0.15, -0.1) is 0 Å². The molecule has 0 aliphatic carbocycles. The molecule has 0 amide bonds. The number of aromatic carboxylic acids is 1. The fourth-order valence-corrected chi connectivity index (χ4v) is 4.16. The molecule has 0 saturated carbocycles. The molecule has 0 atom stereocenters. The summed E-state index contributed by atoms with van der Waals surface area (Å²) in [7, 11) is 0. The predicted molar refractivity (Wildman–Crippen MR) is 130 cm³/mol. The molecule has 0 radical (unpaired) electrons. The molecule has 1 N–H and O–H groups in total. The van der Waals surface area contributed by atoms with E-state index < -0.39 is 5.97 Å². The van der Waals surface area contributed by atoms with Crippen molar-refractivity contribution in [3.63, 3.8) is 0 Å². The van der Waals surface area contributed by atoms with Gasteiger partial charge in [0.15, 0.2) is 0 Å². The maximum atomic E-state index is 12.0. The van der Waals surface area contributed by atoms with E-state index in [-0.39, 0.29) is 5.56 Å². The van der Waals surface area contributed by atoms with Gasteiger partial charge in [-0.2, -0.15) is 0 Å². The van der Waals surface area contributed by atoms with Gasteiger partial charge in [-0.3, -0.25) is 0 Å². The number of para-hydroxylation sites is 1. The molecule has 4 aromatic carbocycles. The topological polar surface area (TPSA) is 51.5 Å². The first-order valence-corrected chi connectivity index (χ1v) is 10.9. The fourth-order valence-electron chi connectivity index (χ4n) is 4.16. The third-order valence-electron chi connectivity index (χ3n) is 5.77. The number of benzene rings is 4. The summed E-state index contributed by atoms with van der Waals surface area (Å²) in [6, 6.07) is 33.3. The van der Waals surface area contributed by atoms with Gasteiger partial charge in [-0.05, 0) is 59.5 Å². The molecule has 0 aliphatic heterocycles. The summed E-state index contributed by atoms with van der Waals surface area (Å²) in [6.45, 7) is 0.791. The maximum Gasteiger partial charge on any atom is 0.336 e. The molecule has 1 aromatic heterocycles. The number of hydrogen-bond donors (Lipinski definition) is 1. The van der Waals surface area contributed by atoms with E-state index in [1.807, 2.05) is 66.7 Å². The van der Waals surface area contributed by atoms with Crippen molar-refractivity contribution in [1.82, 2.24) is 4.57 Å². The number of nitrogens with zero attached hydrogens (tertiary/aromatic N) is 1. The molecule has 4 heteroatoms. The van der Waals surface area contributed by atoms with E-state index in [0.717, 1.165) is 28.6 Å². The van der Waals surface area contributed by atoms with E-state index in [1.54, 1.807) is 6.07 Å². The van der Waals surface area contributed by atoms with Gasteiger partial charge in [-0.1, -0.05) is 66.7 Å². The van der Waals surface area contributed by atoms with Gasteiger partial charge < -0.3 is 14.4 Å². The van der Waals surface area contributed by atoms with Crippen molar-refractivity contribution < 1.29 is 14.6 Å². The van der Waals surface area contributed by atoms with Crippen LogP contribution in [0.4, 0.5) is 0 Å². The number of carboxylic acids is 1. The Morgan fingerprint density at radius 3 is 2.27 bits per heavy atom. The van der Waals surface area contributed by atoms with Crippen LogP contribution in [0.2, 0.25) is 0 Å². The average Bonchev–Trinajstić information content (AvgIpc) is 3.25. The van der Waals surface area contributed by atoms with E-state index in [2.05, 4.69) is 41.1 Å². The number of hydrogen-bond acceptors (Lipinski definition) is 2. The summed E-state index contributed by atoms with van der Waals surface area (Å²) in [5.74, 6) is 0.220. The Hall–Kier alpha value is -4.31. The first-order valence-electron chi connectivity index (χ1n) is 10.9. The Balaban J connectivity index is 1.45. The zero-order chi connectivity index (χ0) is 22.6. The van der Waals surface area contributed by atoms with Crippen molar-refractivity contribution in [2.24, 2.45) is 0 Å². The summed E-state index contributed by atoms with van der Waals surface area (Å²) >= 11 is 0. The van der Waals surface area contributed by atoms with Crippen molar-refractivity contribution >= 4 is 16.9 Å². The largest absolute Gasteiger partial charge is 0.478 e. The van der Waals surface area contributed by atoms with Crippen molar-refractivity contribution in [3.8, 4) is 11.5 Å². The molecule has 0 bridgehead atoms. The van der Waals surface area contributed by atoms with Crippen LogP contribution in [0.25, 0.3) is 10.9 Å². The van der Waals surface area contributed by atoms with Gasteiger partial charge in [0, 0.05) is 23.6 Å². The van der Waals surface area contributed by atoms with Crippen LogP contribution in [0.15, 0.2) is 109 Å². The smallest absolute Gasteiger partial charge is 0.336 e. The predicted octanol–water partition coefficient (Wildman–Crippen LogP) is 6.77. The first-order chi connectivity index (χ1) is 16.2. The van der Waals surface area contributed by atoms with Gasteiger partial charge in [0.05, 0.1) is 5.56 Å². The second-order valence-corrected chi connectivity index (χ2v) is 8.00. The molecule has 1 heterocycles. The Morgan fingerprint density at radius 1 is 0.758 bits per heavy atom. The minimum Gasteiger partial charge on any atom is -0.478 e. The highest BCUT2D eigenvalue weighted by atomic mass is 16.5. The van der Waals surface area contributed by atoms with Crippen molar-refractivity contribution in [1.29, 1.82) is 0 Å². The average molecular weight is 434 g/mol. The molecule has 4 nitrogen and oxygen atoms in total. The van der Waals surface area contributed by atoms with Crippen LogP contribution in [0, 0.1) is 0 Å². The van der Waals surface area contributed by atoms with Gasteiger partial charge in [0.25, 0.3) is 0 Å². The van der Waals surface area contributed by atoms with Crippen LogP contribution in [0.3, 0.4) is 0 Å². The highest BCUT2D eigenvalue weighted by Gasteiger charge is 2.15. The molecule has 5 aromatic rings. The maximum absolute atomic E-state index is 12.0. The van der Waals surface area contributed by atoms with Crippen molar-refractivity contribution in [3.05, 3.63) is 132 Å². The number of rotatable bonds is 7.